The quantitative estimate of drug-likeness (QED) is 0.563. The van der Waals surface area contributed by atoms with Crippen LogP contribution in [-0.4, -0.2) is 17.1 Å². The van der Waals surface area contributed by atoms with Crippen LogP contribution in [0.2, 0.25) is 0 Å². The molecule has 78 valence electrons. The van der Waals surface area contributed by atoms with E-state index < -0.39 is 4.92 Å². The number of nitrogens with one attached hydrogen (secondary N) is 1. The van der Waals surface area contributed by atoms with Gasteiger partial charge in [-0.1, -0.05) is 0 Å². The number of anilines is 1. The van der Waals surface area contributed by atoms with Crippen molar-refractivity contribution in [3.8, 4) is 5.75 Å². The molecule has 5 nitrogen and oxygen atoms in total. The van der Waals surface area contributed by atoms with E-state index in [1.54, 1.807) is 6.07 Å². The summed E-state index contributed by atoms with van der Waals surface area (Å²) in [5, 5.41) is 13.7. The van der Waals surface area contributed by atoms with Crippen molar-refractivity contribution >= 4 is 11.4 Å². The molecule has 1 saturated carbocycles. The van der Waals surface area contributed by atoms with Gasteiger partial charge in [0, 0.05) is 12.1 Å². The van der Waals surface area contributed by atoms with Crippen molar-refractivity contribution in [3.05, 3.63) is 28.3 Å². The van der Waals surface area contributed by atoms with E-state index in [1.807, 2.05) is 0 Å². The molecular formula is C10H10N2O3. The second kappa shape index (κ2) is 2.62. The van der Waals surface area contributed by atoms with E-state index in [2.05, 4.69) is 5.32 Å². The van der Waals surface area contributed by atoms with E-state index >= 15 is 0 Å². The Bertz CT molecular complexity index is 440. The Hall–Kier alpha value is -1.78. The van der Waals surface area contributed by atoms with E-state index in [1.165, 1.54) is 12.1 Å². The summed E-state index contributed by atoms with van der Waals surface area (Å²) in [7, 11) is 0. The molecule has 0 amide bonds. The van der Waals surface area contributed by atoms with Gasteiger partial charge < -0.3 is 10.1 Å². The van der Waals surface area contributed by atoms with Crippen molar-refractivity contribution in [1.82, 2.24) is 0 Å². The van der Waals surface area contributed by atoms with Gasteiger partial charge in [0.2, 0.25) is 0 Å². The van der Waals surface area contributed by atoms with Crippen molar-refractivity contribution < 1.29 is 9.66 Å². The van der Waals surface area contributed by atoms with Crippen LogP contribution in [0.4, 0.5) is 11.4 Å². The number of hydrogen-bond acceptors (Lipinski definition) is 4. The Morgan fingerprint density at radius 1 is 1.47 bits per heavy atom. The zero-order valence-corrected chi connectivity index (χ0v) is 8.03. The summed E-state index contributed by atoms with van der Waals surface area (Å²) in [5.74, 6) is 0.726. The normalized spacial score (nSPS) is 20.0. The summed E-state index contributed by atoms with van der Waals surface area (Å²) in [6.07, 6.45) is 2.13. The minimum Gasteiger partial charge on any atom is -0.483 e. The van der Waals surface area contributed by atoms with Crippen LogP contribution < -0.4 is 10.1 Å². The van der Waals surface area contributed by atoms with Crippen molar-refractivity contribution in [2.45, 2.75) is 18.4 Å². The Morgan fingerprint density at radius 2 is 2.27 bits per heavy atom. The third-order valence-electron chi connectivity index (χ3n) is 2.91. The van der Waals surface area contributed by atoms with Gasteiger partial charge in [0.25, 0.3) is 5.69 Å². The maximum atomic E-state index is 10.6. The molecule has 0 aromatic heterocycles. The van der Waals surface area contributed by atoms with Crippen LogP contribution in [-0.2, 0) is 0 Å². The Labute approximate surface area is 86.2 Å². The third kappa shape index (κ3) is 1.31. The highest BCUT2D eigenvalue weighted by Gasteiger charge is 2.47. The lowest BCUT2D eigenvalue weighted by atomic mass is 10.2. The fourth-order valence-corrected chi connectivity index (χ4v) is 1.80. The van der Waals surface area contributed by atoms with Crippen molar-refractivity contribution in [1.29, 1.82) is 0 Å². The summed E-state index contributed by atoms with van der Waals surface area (Å²) < 4.78 is 5.78. The number of nitrogens with zero attached hydrogens (tertiary/aromatic N) is 1. The van der Waals surface area contributed by atoms with Gasteiger partial charge in [-0.15, -0.1) is 0 Å². The summed E-state index contributed by atoms with van der Waals surface area (Å²) in [5.41, 5.74) is 0.793. The molecule has 1 aromatic carbocycles. The molecule has 1 spiro atoms. The summed E-state index contributed by atoms with van der Waals surface area (Å²) in [6, 6.07) is 4.66. The van der Waals surface area contributed by atoms with E-state index in [4.69, 9.17) is 4.74 Å². The standard InChI is InChI=1S/C10H10N2O3/c13-12(14)7-1-2-9-8(5-7)11-6-10(15-9)3-4-10/h1-2,5,11H,3-4,6H2. The maximum Gasteiger partial charge on any atom is 0.271 e. The van der Waals surface area contributed by atoms with Gasteiger partial charge in [-0.2, -0.15) is 0 Å². The molecule has 1 heterocycles. The molecule has 0 unspecified atom stereocenters. The fourth-order valence-electron chi connectivity index (χ4n) is 1.80. The van der Waals surface area contributed by atoms with Gasteiger partial charge in [0.1, 0.15) is 11.4 Å². The first kappa shape index (κ1) is 8.52. The maximum absolute atomic E-state index is 10.6. The highest BCUT2D eigenvalue weighted by molar-refractivity contribution is 5.63. The molecule has 1 aliphatic heterocycles. The summed E-state index contributed by atoms with van der Waals surface area (Å²) in [4.78, 5) is 10.2. The molecule has 0 saturated heterocycles. The number of rotatable bonds is 1. The number of benzene rings is 1. The molecule has 1 aliphatic carbocycles. The van der Waals surface area contributed by atoms with Gasteiger partial charge in [0.05, 0.1) is 17.2 Å². The van der Waals surface area contributed by atoms with E-state index in [0.717, 1.165) is 30.8 Å². The lowest BCUT2D eigenvalue weighted by Gasteiger charge is -2.26. The second-order valence-corrected chi connectivity index (χ2v) is 4.08. The molecule has 5 heteroatoms. The minimum atomic E-state index is -0.399. The molecule has 1 fully saturated rings. The Morgan fingerprint density at radius 3 is 2.93 bits per heavy atom. The molecule has 3 rings (SSSR count). The zero-order chi connectivity index (χ0) is 10.5. The number of non-ortho nitro benzene ring substituents is 1. The van der Waals surface area contributed by atoms with Gasteiger partial charge in [0.15, 0.2) is 0 Å². The molecule has 1 aromatic rings. The van der Waals surface area contributed by atoms with Crippen molar-refractivity contribution in [3.63, 3.8) is 0 Å². The number of nitro groups is 1. The molecular weight excluding hydrogens is 196 g/mol. The average Bonchev–Trinajstić information content (AvgIpc) is 2.97. The van der Waals surface area contributed by atoms with E-state index in [0.29, 0.717) is 0 Å². The predicted octanol–water partition coefficient (Wildman–Crippen LogP) is 1.93. The third-order valence-corrected chi connectivity index (χ3v) is 2.91. The molecule has 0 bridgehead atoms. The predicted molar refractivity (Wildman–Crippen MR) is 54.2 cm³/mol. The Kier molecular flexibility index (Phi) is 1.49. The molecule has 15 heavy (non-hydrogen) atoms. The van der Waals surface area contributed by atoms with Crippen LogP contribution >= 0.6 is 0 Å². The van der Waals surface area contributed by atoms with Crippen molar-refractivity contribution in [2.24, 2.45) is 0 Å². The molecule has 2 aliphatic rings. The number of ether oxygens (including phenoxy) is 1. The molecule has 1 N–H and O–H groups in total. The van der Waals surface area contributed by atoms with Gasteiger partial charge >= 0.3 is 0 Å². The zero-order valence-electron chi connectivity index (χ0n) is 8.03. The van der Waals surface area contributed by atoms with Gasteiger partial charge in [-0.25, -0.2) is 0 Å². The number of hydrogen-bond donors (Lipinski definition) is 1. The highest BCUT2D eigenvalue weighted by Crippen LogP contribution is 2.46. The van der Waals surface area contributed by atoms with Crippen LogP contribution in [0, 0.1) is 10.1 Å². The topological polar surface area (TPSA) is 64.4 Å². The van der Waals surface area contributed by atoms with Crippen LogP contribution in [0.25, 0.3) is 0 Å². The van der Waals surface area contributed by atoms with Crippen LogP contribution in [0.15, 0.2) is 18.2 Å². The molecule has 0 atom stereocenters. The monoisotopic (exact) mass is 206 g/mol. The number of fused-ring (bicyclic) bond motifs is 1. The first-order valence-corrected chi connectivity index (χ1v) is 4.90. The largest absolute Gasteiger partial charge is 0.483 e. The summed E-state index contributed by atoms with van der Waals surface area (Å²) >= 11 is 0. The smallest absolute Gasteiger partial charge is 0.271 e. The first-order valence-electron chi connectivity index (χ1n) is 4.90. The lowest BCUT2D eigenvalue weighted by molar-refractivity contribution is -0.384. The van der Waals surface area contributed by atoms with E-state index in [9.17, 15) is 10.1 Å². The fraction of sp³-hybridized carbons (Fsp3) is 0.400. The van der Waals surface area contributed by atoms with Crippen molar-refractivity contribution in [2.75, 3.05) is 11.9 Å². The first-order chi connectivity index (χ1) is 7.19. The molecule has 0 radical (unpaired) electrons. The Balaban J connectivity index is 1.97. The SMILES string of the molecule is O=[N+]([O-])c1ccc2c(c1)NCC1(CC1)O2. The number of nitro benzene ring substituents is 1. The van der Waals surface area contributed by atoms with Crippen LogP contribution in [0.1, 0.15) is 12.8 Å². The minimum absolute atomic E-state index is 0.0247. The highest BCUT2D eigenvalue weighted by atomic mass is 16.6. The van der Waals surface area contributed by atoms with Crippen LogP contribution in [0.3, 0.4) is 0 Å². The van der Waals surface area contributed by atoms with Gasteiger partial charge in [-0.3, -0.25) is 10.1 Å². The second-order valence-electron chi connectivity index (χ2n) is 4.08. The summed E-state index contributed by atoms with van der Waals surface area (Å²) in [6.45, 7) is 0.751. The van der Waals surface area contributed by atoms with E-state index in [-0.39, 0.29) is 11.3 Å². The average molecular weight is 206 g/mol. The van der Waals surface area contributed by atoms with Crippen LogP contribution in [0.5, 0.6) is 5.75 Å². The lowest BCUT2D eigenvalue weighted by Crippen LogP contribution is -2.32. The van der Waals surface area contributed by atoms with Gasteiger partial charge in [-0.05, 0) is 18.9 Å².